The molecule has 1 aromatic carbocycles. The molecule has 10 heteroatoms. The molecule has 1 unspecified atom stereocenters. The molecule has 4 nitrogen and oxygen atoms in total. The van der Waals surface area contributed by atoms with Crippen LogP contribution in [0.3, 0.4) is 0 Å². The molecule has 1 heterocycles. The first-order valence-electron chi connectivity index (χ1n) is 8.27. The van der Waals surface area contributed by atoms with Crippen molar-refractivity contribution in [3.05, 3.63) is 57.5 Å². The topological polar surface area (TPSA) is 56.7 Å². The molecular weight excluding hydrogens is 509 g/mol. The minimum absolute atomic E-state index is 0. The minimum atomic E-state index is -4.67. The lowest BCUT2D eigenvalue weighted by molar-refractivity contribution is -0.138. The van der Waals surface area contributed by atoms with Gasteiger partial charge in [-0.2, -0.15) is 13.2 Å². The van der Waals surface area contributed by atoms with Gasteiger partial charge < -0.3 is 15.7 Å². The van der Waals surface area contributed by atoms with Crippen molar-refractivity contribution in [3.63, 3.8) is 0 Å². The number of thiophene rings is 1. The fraction of sp³-hybridized carbons (Fsp3) is 0.389. The minimum Gasteiger partial charge on any atom is -0.383 e. The number of aliphatic imine (C=N–C) groups is 1. The number of nitrogens with zero attached hydrogens (tertiary/aromatic N) is 1. The molecule has 0 aliphatic rings. The van der Waals surface area contributed by atoms with Crippen LogP contribution in [0.5, 0.6) is 0 Å². The summed E-state index contributed by atoms with van der Waals surface area (Å²) in [7, 11) is 0. The van der Waals surface area contributed by atoms with Crippen LogP contribution in [0.4, 0.5) is 17.6 Å². The monoisotopic (exact) mass is 531 g/mol. The zero-order valence-corrected chi connectivity index (χ0v) is 18.5. The molecule has 0 fully saturated rings. The molecule has 3 N–H and O–H groups in total. The van der Waals surface area contributed by atoms with Gasteiger partial charge in [0, 0.05) is 11.4 Å². The van der Waals surface area contributed by atoms with Crippen LogP contribution in [-0.4, -0.2) is 24.2 Å². The Balaban J connectivity index is 0.00000392. The lowest BCUT2D eigenvalue weighted by Gasteiger charge is -2.23. The van der Waals surface area contributed by atoms with E-state index in [1.54, 1.807) is 13.0 Å². The van der Waals surface area contributed by atoms with Gasteiger partial charge in [-0.05, 0) is 43.0 Å². The van der Waals surface area contributed by atoms with E-state index in [2.05, 4.69) is 15.6 Å². The number of alkyl halides is 3. The van der Waals surface area contributed by atoms with Gasteiger partial charge in [0.1, 0.15) is 11.4 Å². The highest BCUT2D eigenvalue weighted by Crippen LogP contribution is 2.33. The maximum absolute atomic E-state index is 13.2. The summed E-state index contributed by atoms with van der Waals surface area (Å²) in [6.07, 6.45) is -4.67. The van der Waals surface area contributed by atoms with E-state index in [0.29, 0.717) is 12.6 Å². The molecule has 0 spiro atoms. The van der Waals surface area contributed by atoms with Crippen LogP contribution in [0, 0.1) is 5.82 Å². The second kappa shape index (κ2) is 10.4. The first-order valence-corrected chi connectivity index (χ1v) is 9.15. The SMILES string of the molecule is CCNC(=NCc1ccc(F)cc1C(F)(F)F)NCC(C)(O)c1cccs1.I. The highest BCUT2D eigenvalue weighted by Gasteiger charge is 2.33. The maximum Gasteiger partial charge on any atom is 0.416 e. The van der Waals surface area contributed by atoms with Crippen LogP contribution in [-0.2, 0) is 18.3 Å². The fourth-order valence-electron chi connectivity index (χ4n) is 2.38. The highest BCUT2D eigenvalue weighted by molar-refractivity contribution is 14.0. The van der Waals surface area contributed by atoms with Gasteiger partial charge in [-0.3, -0.25) is 0 Å². The maximum atomic E-state index is 13.2. The highest BCUT2D eigenvalue weighted by atomic mass is 127. The molecule has 0 bridgehead atoms. The van der Waals surface area contributed by atoms with Crippen LogP contribution in [0.1, 0.15) is 29.9 Å². The molecule has 1 atom stereocenters. The standard InChI is InChI=1S/C18H21F4N3OS.HI/c1-3-23-16(25-11-17(2,26)15-5-4-8-27-15)24-10-12-6-7-13(19)9-14(12)18(20,21)22;/h4-9,26H,3,10-11H2,1-2H3,(H2,23,24,25);1H. The quantitative estimate of drug-likeness (QED) is 0.223. The molecule has 0 amide bonds. The Bertz CT molecular complexity index is 780. The average molecular weight is 531 g/mol. The number of halogens is 5. The van der Waals surface area contributed by atoms with E-state index in [1.165, 1.54) is 11.3 Å². The summed E-state index contributed by atoms with van der Waals surface area (Å²) in [5.74, 6) is -0.695. The molecule has 0 saturated carbocycles. The van der Waals surface area contributed by atoms with E-state index < -0.39 is 23.2 Å². The molecule has 0 radical (unpaired) electrons. The lowest BCUT2D eigenvalue weighted by atomic mass is 10.1. The van der Waals surface area contributed by atoms with Crippen molar-refractivity contribution in [2.45, 2.75) is 32.2 Å². The number of hydrogen-bond donors (Lipinski definition) is 3. The second-order valence-electron chi connectivity index (χ2n) is 6.10. The molecular formula is C18H22F4IN3OS. The molecule has 0 saturated heterocycles. The molecule has 2 aromatic rings. The zero-order chi connectivity index (χ0) is 20.1. The number of nitrogens with one attached hydrogen (secondary N) is 2. The normalized spacial score (nSPS) is 14.2. The van der Waals surface area contributed by atoms with Gasteiger partial charge in [-0.25, -0.2) is 9.38 Å². The molecule has 156 valence electrons. The Hall–Kier alpha value is -1.40. The van der Waals surface area contributed by atoms with E-state index >= 15 is 0 Å². The summed E-state index contributed by atoms with van der Waals surface area (Å²) < 4.78 is 52.4. The molecule has 0 aliphatic heterocycles. The van der Waals surface area contributed by atoms with Crippen molar-refractivity contribution in [3.8, 4) is 0 Å². The van der Waals surface area contributed by atoms with E-state index in [-0.39, 0.29) is 48.6 Å². The van der Waals surface area contributed by atoms with Crippen molar-refractivity contribution in [1.29, 1.82) is 0 Å². The third-order valence-corrected chi connectivity index (χ3v) is 4.90. The van der Waals surface area contributed by atoms with Gasteiger partial charge in [0.25, 0.3) is 0 Å². The summed E-state index contributed by atoms with van der Waals surface area (Å²) in [6.45, 7) is 3.77. The van der Waals surface area contributed by atoms with Gasteiger partial charge in [0.2, 0.25) is 0 Å². The fourth-order valence-corrected chi connectivity index (χ4v) is 3.17. The predicted octanol–water partition coefficient (Wildman–Crippen LogP) is 4.49. The van der Waals surface area contributed by atoms with Crippen LogP contribution in [0.25, 0.3) is 0 Å². The molecule has 28 heavy (non-hydrogen) atoms. The largest absolute Gasteiger partial charge is 0.416 e. The number of benzene rings is 1. The van der Waals surface area contributed by atoms with Gasteiger partial charge in [0.15, 0.2) is 5.96 Å². The van der Waals surface area contributed by atoms with Crippen LogP contribution < -0.4 is 10.6 Å². The van der Waals surface area contributed by atoms with E-state index in [4.69, 9.17) is 0 Å². The van der Waals surface area contributed by atoms with Crippen LogP contribution in [0.2, 0.25) is 0 Å². The van der Waals surface area contributed by atoms with Crippen molar-refractivity contribution in [2.75, 3.05) is 13.1 Å². The Labute approximate surface area is 182 Å². The number of guanidine groups is 1. The smallest absolute Gasteiger partial charge is 0.383 e. The van der Waals surface area contributed by atoms with Crippen molar-refractivity contribution >= 4 is 41.3 Å². The third-order valence-electron chi connectivity index (χ3n) is 3.78. The third kappa shape index (κ3) is 6.89. The predicted molar refractivity (Wildman–Crippen MR) is 114 cm³/mol. The van der Waals surface area contributed by atoms with E-state index in [1.807, 2.05) is 18.4 Å². The lowest BCUT2D eigenvalue weighted by Crippen LogP contribution is -2.44. The second-order valence-corrected chi connectivity index (χ2v) is 7.05. The Morgan fingerprint density at radius 3 is 2.50 bits per heavy atom. The van der Waals surface area contributed by atoms with Crippen molar-refractivity contribution in [2.24, 2.45) is 4.99 Å². The summed E-state index contributed by atoms with van der Waals surface area (Å²) in [6, 6.07) is 6.13. The molecule has 0 aliphatic carbocycles. The van der Waals surface area contributed by atoms with E-state index in [0.717, 1.165) is 17.0 Å². The first kappa shape index (κ1) is 24.6. The average Bonchev–Trinajstić information content (AvgIpc) is 3.13. The Morgan fingerprint density at radius 2 is 1.93 bits per heavy atom. The Morgan fingerprint density at radius 1 is 1.21 bits per heavy atom. The summed E-state index contributed by atoms with van der Waals surface area (Å²) in [4.78, 5) is 4.89. The number of aliphatic hydroxyl groups is 1. The Kier molecular flexibility index (Phi) is 9.15. The summed E-state index contributed by atoms with van der Waals surface area (Å²) >= 11 is 1.40. The molecule has 2 rings (SSSR count). The van der Waals surface area contributed by atoms with Crippen LogP contribution in [0.15, 0.2) is 40.7 Å². The van der Waals surface area contributed by atoms with Gasteiger partial charge in [-0.15, -0.1) is 35.3 Å². The van der Waals surface area contributed by atoms with Gasteiger partial charge >= 0.3 is 6.18 Å². The van der Waals surface area contributed by atoms with Crippen LogP contribution >= 0.6 is 35.3 Å². The van der Waals surface area contributed by atoms with E-state index in [9.17, 15) is 22.7 Å². The van der Waals surface area contributed by atoms with Gasteiger partial charge in [-0.1, -0.05) is 12.1 Å². The summed E-state index contributed by atoms with van der Waals surface area (Å²) in [5.41, 5.74) is -2.34. The van der Waals surface area contributed by atoms with Gasteiger partial charge in [0.05, 0.1) is 18.7 Å². The van der Waals surface area contributed by atoms with Crippen molar-refractivity contribution < 1.29 is 22.7 Å². The zero-order valence-electron chi connectivity index (χ0n) is 15.3. The molecule has 1 aromatic heterocycles. The van der Waals surface area contributed by atoms with Crippen molar-refractivity contribution in [1.82, 2.24) is 10.6 Å². The first-order chi connectivity index (χ1) is 12.6. The number of rotatable bonds is 6. The summed E-state index contributed by atoms with van der Waals surface area (Å²) in [5, 5.41) is 18.2. The number of hydrogen-bond acceptors (Lipinski definition) is 3.